The first-order valence-corrected chi connectivity index (χ1v) is 4.16. The fourth-order valence-electron chi connectivity index (χ4n) is 1.08. The number of hydrogen-bond acceptors (Lipinski definition) is 1. The number of rotatable bonds is 5. The van der Waals surface area contributed by atoms with Crippen molar-refractivity contribution >= 4 is 5.97 Å². The van der Waals surface area contributed by atoms with E-state index in [1.54, 1.807) is 6.92 Å². The van der Waals surface area contributed by atoms with E-state index in [0.717, 1.165) is 0 Å². The third-order valence-corrected chi connectivity index (χ3v) is 1.76. The highest BCUT2D eigenvalue weighted by atomic mass is 19.4. The smallest absolute Gasteiger partial charge is 0.389 e. The first-order chi connectivity index (χ1) is 5.87. The van der Waals surface area contributed by atoms with E-state index in [2.05, 4.69) is 0 Å². The number of carbonyl (C=O) groups is 1. The summed E-state index contributed by atoms with van der Waals surface area (Å²) in [5, 5.41) is 8.53. The lowest BCUT2D eigenvalue weighted by molar-refractivity contribution is -0.149. The van der Waals surface area contributed by atoms with Gasteiger partial charge in [0, 0.05) is 6.42 Å². The van der Waals surface area contributed by atoms with Gasteiger partial charge in [-0.25, -0.2) is 0 Å². The molecule has 0 aliphatic heterocycles. The third kappa shape index (κ3) is 6.42. The second-order valence-electron chi connectivity index (χ2n) is 2.98. The predicted octanol–water partition coefficient (Wildman–Crippen LogP) is 2.83. The zero-order valence-corrected chi connectivity index (χ0v) is 7.40. The van der Waals surface area contributed by atoms with Crippen molar-refractivity contribution in [2.24, 2.45) is 5.92 Å². The van der Waals surface area contributed by atoms with Crippen molar-refractivity contribution in [3.05, 3.63) is 0 Å². The second kappa shape index (κ2) is 5.09. The van der Waals surface area contributed by atoms with Crippen LogP contribution in [0.25, 0.3) is 0 Å². The molecule has 5 heteroatoms. The molecule has 0 aliphatic carbocycles. The molecule has 1 N–H and O–H groups in total. The Bertz CT molecular complexity index is 165. The summed E-state index contributed by atoms with van der Waals surface area (Å²) in [4.78, 5) is 10.4. The Morgan fingerprint density at radius 3 is 2.23 bits per heavy atom. The molecule has 0 saturated carbocycles. The standard InChI is InChI=1S/C8H13F3O2/c1-2-3-6(7(12)13)4-5-8(9,10)11/h6H,2-5H2,1H3,(H,12,13)/t6-/m1/s1. The molecule has 0 spiro atoms. The highest BCUT2D eigenvalue weighted by Crippen LogP contribution is 2.25. The zero-order valence-electron chi connectivity index (χ0n) is 7.40. The summed E-state index contributed by atoms with van der Waals surface area (Å²) in [7, 11) is 0. The van der Waals surface area contributed by atoms with Gasteiger partial charge in [0.25, 0.3) is 0 Å². The topological polar surface area (TPSA) is 37.3 Å². The van der Waals surface area contributed by atoms with Crippen LogP contribution in [0.1, 0.15) is 32.6 Å². The van der Waals surface area contributed by atoms with E-state index in [1.165, 1.54) is 0 Å². The van der Waals surface area contributed by atoms with Crippen LogP contribution in [0.2, 0.25) is 0 Å². The quantitative estimate of drug-likeness (QED) is 0.737. The maximum Gasteiger partial charge on any atom is 0.389 e. The summed E-state index contributed by atoms with van der Waals surface area (Å²) < 4.78 is 35.2. The highest BCUT2D eigenvalue weighted by Gasteiger charge is 2.29. The summed E-state index contributed by atoms with van der Waals surface area (Å²) >= 11 is 0. The minimum atomic E-state index is -4.25. The third-order valence-electron chi connectivity index (χ3n) is 1.76. The van der Waals surface area contributed by atoms with E-state index in [1.807, 2.05) is 0 Å². The Hall–Kier alpha value is -0.740. The van der Waals surface area contributed by atoms with Crippen LogP contribution in [0.3, 0.4) is 0 Å². The maximum atomic E-state index is 11.7. The fraction of sp³-hybridized carbons (Fsp3) is 0.875. The molecule has 0 saturated heterocycles. The van der Waals surface area contributed by atoms with Crippen molar-refractivity contribution in [3.63, 3.8) is 0 Å². The van der Waals surface area contributed by atoms with Gasteiger partial charge in [-0.15, -0.1) is 0 Å². The van der Waals surface area contributed by atoms with Gasteiger partial charge in [0.05, 0.1) is 5.92 Å². The Balaban J connectivity index is 3.90. The first-order valence-electron chi connectivity index (χ1n) is 4.16. The van der Waals surface area contributed by atoms with Gasteiger partial charge in [0.2, 0.25) is 0 Å². The molecule has 0 aliphatic rings. The Labute approximate surface area is 74.7 Å². The number of aliphatic carboxylic acids is 1. The molecule has 0 aromatic rings. The molecule has 0 rings (SSSR count). The zero-order chi connectivity index (χ0) is 10.5. The molecule has 0 radical (unpaired) electrons. The van der Waals surface area contributed by atoms with E-state index in [0.29, 0.717) is 12.8 Å². The van der Waals surface area contributed by atoms with Crippen molar-refractivity contribution in [3.8, 4) is 0 Å². The van der Waals surface area contributed by atoms with Gasteiger partial charge >= 0.3 is 12.1 Å². The SMILES string of the molecule is CCC[C@H](CCC(F)(F)F)C(=O)O. The van der Waals surface area contributed by atoms with Gasteiger partial charge in [0.15, 0.2) is 0 Å². The minimum Gasteiger partial charge on any atom is -0.481 e. The summed E-state index contributed by atoms with van der Waals surface area (Å²) in [5.74, 6) is -1.99. The number of hydrogen-bond donors (Lipinski definition) is 1. The molecular formula is C8H13F3O2. The lowest BCUT2D eigenvalue weighted by atomic mass is 9.98. The van der Waals surface area contributed by atoms with Crippen LogP contribution < -0.4 is 0 Å². The average molecular weight is 198 g/mol. The minimum absolute atomic E-state index is 0.311. The number of alkyl halides is 3. The number of halogens is 3. The Morgan fingerprint density at radius 2 is 1.92 bits per heavy atom. The first kappa shape index (κ1) is 12.3. The van der Waals surface area contributed by atoms with E-state index in [9.17, 15) is 18.0 Å². The molecule has 0 fully saturated rings. The van der Waals surface area contributed by atoms with Crippen molar-refractivity contribution in [1.29, 1.82) is 0 Å². The lowest BCUT2D eigenvalue weighted by Gasteiger charge is -2.12. The van der Waals surface area contributed by atoms with Crippen LogP contribution in [-0.2, 0) is 4.79 Å². The molecule has 0 heterocycles. The number of carboxylic acid groups (broad SMARTS) is 1. The molecule has 0 bridgehead atoms. The Morgan fingerprint density at radius 1 is 1.38 bits per heavy atom. The van der Waals surface area contributed by atoms with E-state index >= 15 is 0 Å². The van der Waals surface area contributed by atoms with Crippen molar-refractivity contribution < 1.29 is 23.1 Å². The molecule has 13 heavy (non-hydrogen) atoms. The van der Waals surface area contributed by atoms with Crippen LogP contribution in [0, 0.1) is 5.92 Å². The van der Waals surface area contributed by atoms with Crippen LogP contribution >= 0.6 is 0 Å². The van der Waals surface area contributed by atoms with Crippen LogP contribution in [0.5, 0.6) is 0 Å². The van der Waals surface area contributed by atoms with Gasteiger partial charge in [-0.3, -0.25) is 4.79 Å². The molecular weight excluding hydrogens is 185 g/mol. The van der Waals surface area contributed by atoms with E-state index < -0.39 is 24.5 Å². The summed E-state index contributed by atoms with van der Waals surface area (Å²) in [6.45, 7) is 1.75. The maximum absolute atomic E-state index is 11.7. The monoisotopic (exact) mass is 198 g/mol. The summed E-state index contributed by atoms with van der Waals surface area (Å²) in [6, 6.07) is 0. The lowest BCUT2D eigenvalue weighted by Crippen LogP contribution is -2.17. The summed E-state index contributed by atoms with van der Waals surface area (Å²) in [5.41, 5.74) is 0. The second-order valence-corrected chi connectivity index (χ2v) is 2.98. The molecule has 2 nitrogen and oxygen atoms in total. The molecule has 0 amide bonds. The predicted molar refractivity (Wildman–Crippen MR) is 41.3 cm³/mol. The normalized spacial score (nSPS) is 14.2. The van der Waals surface area contributed by atoms with Crippen LogP contribution in [-0.4, -0.2) is 17.3 Å². The average Bonchev–Trinajstić information content (AvgIpc) is 1.95. The van der Waals surface area contributed by atoms with Gasteiger partial charge in [0.1, 0.15) is 0 Å². The number of carboxylic acids is 1. The van der Waals surface area contributed by atoms with Gasteiger partial charge < -0.3 is 5.11 Å². The Kier molecular flexibility index (Phi) is 4.80. The van der Waals surface area contributed by atoms with Crippen LogP contribution in [0.15, 0.2) is 0 Å². The highest BCUT2D eigenvalue weighted by molar-refractivity contribution is 5.69. The van der Waals surface area contributed by atoms with Crippen molar-refractivity contribution in [2.75, 3.05) is 0 Å². The molecule has 78 valence electrons. The van der Waals surface area contributed by atoms with Crippen LogP contribution in [0.4, 0.5) is 13.2 Å². The van der Waals surface area contributed by atoms with Gasteiger partial charge in [-0.05, 0) is 12.8 Å². The van der Waals surface area contributed by atoms with Crippen molar-refractivity contribution in [1.82, 2.24) is 0 Å². The van der Waals surface area contributed by atoms with E-state index in [-0.39, 0.29) is 6.42 Å². The molecule has 0 unspecified atom stereocenters. The molecule has 0 aromatic carbocycles. The molecule has 1 atom stereocenters. The van der Waals surface area contributed by atoms with E-state index in [4.69, 9.17) is 5.11 Å². The van der Waals surface area contributed by atoms with Crippen molar-refractivity contribution in [2.45, 2.75) is 38.8 Å². The van der Waals surface area contributed by atoms with Gasteiger partial charge in [-0.1, -0.05) is 13.3 Å². The summed E-state index contributed by atoms with van der Waals surface area (Å²) in [6.07, 6.45) is -4.67. The van der Waals surface area contributed by atoms with Gasteiger partial charge in [-0.2, -0.15) is 13.2 Å². The fourth-order valence-corrected chi connectivity index (χ4v) is 1.08. The largest absolute Gasteiger partial charge is 0.481 e. The molecule has 0 aromatic heterocycles.